The number of nitrogen functional groups attached to an aromatic ring is 1. The fourth-order valence-electron chi connectivity index (χ4n) is 3.72. The van der Waals surface area contributed by atoms with Crippen molar-refractivity contribution in [2.24, 2.45) is 0 Å². The summed E-state index contributed by atoms with van der Waals surface area (Å²) >= 11 is 0. The van der Waals surface area contributed by atoms with Crippen LogP contribution in [0.3, 0.4) is 0 Å². The van der Waals surface area contributed by atoms with Gasteiger partial charge in [-0.1, -0.05) is 0 Å². The zero-order valence-corrected chi connectivity index (χ0v) is 15.1. The molecule has 1 aromatic rings. The van der Waals surface area contributed by atoms with Crippen LogP contribution < -0.4 is 11.1 Å². The van der Waals surface area contributed by atoms with Crippen LogP contribution in [-0.4, -0.2) is 65.6 Å². The van der Waals surface area contributed by atoms with Crippen LogP contribution in [-0.2, 0) is 16.0 Å². The van der Waals surface area contributed by atoms with Crippen LogP contribution in [0.5, 0.6) is 0 Å². The molecule has 140 valence electrons. The first kappa shape index (κ1) is 18.4. The molecule has 2 fully saturated rings. The number of morpholine rings is 1. The largest absolute Gasteiger partial charge is 0.394 e. The Kier molecular flexibility index (Phi) is 6.11. The van der Waals surface area contributed by atoms with Gasteiger partial charge in [0.2, 0.25) is 0 Å². The number of anilines is 2. The van der Waals surface area contributed by atoms with E-state index in [4.69, 9.17) is 20.3 Å². The fraction of sp³-hybridized carbons (Fsp3) is 0.722. The zero-order chi connectivity index (χ0) is 17.8. The normalized spacial score (nSPS) is 31.0. The number of aliphatic hydroxyl groups excluding tert-OH is 1. The smallest absolute Gasteiger partial charge is 0.128 e. The summed E-state index contributed by atoms with van der Waals surface area (Å²) < 4.78 is 11.4. The van der Waals surface area contributed by atoms with Gasteiger partial charge in [-0.05, 0) is 44.4 Å². The summed E-state index contributed by atoms with van der Waals surface area (Å²) in [5, 5.41) is 12.6. The van der Waals surface area contributed by atoms with E-state index in [0.717, 1.165) is 43.9 Å². The second-order valence-electron chi connectivity index (χ2n) is 7.29. The molecular formula is C18H30N4O3. The molecule has 2 aliphatic rings. The van der Waals surface area contributed by atoms with Gasteiger partial charge in [-0.2, -0.15) is 0 Å². The van der Waals surface area contributed by atoms with Gasteiger partial charge in [0.05, 0.1) is 37.6 Å². The number of rotatable bonds is 5. The molecule has 0 spiro atoms. The third-order valence-electron chi connectivity index (χ3n) is 4.73. The molecule has 7 nitrogen and oxygen atoms in total. The van der Waals surface area contributed by atoms with Crippen LogP contribution >= 0.6 is 0 Å². The Labute approximate surface area is 149 Å². The third kappa shape index (κ3) is 5.28. The lowest BCUT2D eigenvalue weighted by molar-refractivity contribution is -0.0704. The maximum Gasteiger partial charge on any atom is 0.128 e. The summed E-state index contributed by atoms with van der Waals surface area (Å²) in [5.74, 6) is 1.32. The molecule has 0 aliphatic carbocycles. The van der Waals surface area contributed by atoms with E-state index >= 15 is 0 Å². The van der Waals surface area contributed by atoms with Gasteiger partial charge in [0.15, 0.2) is 0 Å². The summed E-state index contributed by atoms with van der Waals surface area (Å²) in [4.78, 5) is 6.80. The van der Waals surface area contributed by atoms with Gasteiger partial charge in [-0.3, -0.25) is 4.90 Å². The number of nitrogens with zero attached hydrogens (tertiary/aromatic N) is 2. The monoisotopic (exact) mass is 350 g/mol. The predicted molar refractivity (Wildman–Crippen MR) is 97.4 cm³/mol. The van der Waals surface area contributed by atoms with Crippen LogP contribution in [0.1, 0.15) is 32.3 Å². The summed E-state index contributed by atoms with van der Waals surface area (Å²) in [6.07, 6.45) is 2.27. The predicted octanol–water partition coefficient (Wildman–Crippen LogP) is 1.22. The zero-order valence-electron chi connectivity index (χ0n) is 15.1. The van der Waals surface area contributed by atoms with Crippen molar-refractivity contribution >= 4 is 11.6 Å². The molecule has 1 aromatic heterocycles. The minimum Gasteiger partial charge on any atom is -0.394 e. The lowest BCUT2D eigenvalue weighted by Gasteiger charge is -2.35. The highest BCUT2D eigenvalue weighted by molar-refractivity contribution is 5.47. The van der Waals surface area contributed by atoms with Crippen molar-refractivity contribution in [1.29, 1.82) is 0 Å². The van der Waals surface area contributed by atoms with Gasteiger partial charge in [0.1, 0.15) is 11.6 Å². The number of nitrogens with one attached hydrogen (secondary N) is 1. The van der Waals surface area contributed by atoms with Crippen LogP contribution in [0.4, 0.5) is 11.6 Å². The Morgan fingerprint density at radius 3 is 2.68 bits per heavy atom. The number of hydrogen-bond donors (Lipinski definition) is 3. The number of nitrogens with two attached hydrogens (primary N) is 1. The van der Waals surface area contributed by atoms with Gasteiger partial charge < -0.3 is 25.6 Å². The molecule has 7 heteroatoms. The van der Waals surface area contributed by atoms with Crippen molar-refractivity contribution < 1.29 is 14.6 Å². The highest BCUT2D eigenvalue weighted by Crippen LogP contribution is 2.21. The van der Waals surface area contributed by atoms with E-state index in [9.17, 15) is 0 Å². The van der Waals surface area contributed by atoms with E-state index in [2.05, 4.69) is 35.1 Å². The average Bonchev–Trinajstić information content (AvgIpc) is 2.54. The van der Waals surface area contributed by atoms with Crippen molar-refractivity contribution in [3.05, 3.63) is 17.7 Å². The molecule has 0 aromatic carbocycles. The van der Waals surface area contributed by atoms with E-state index in [1.807, 2.05) is 6.07 Å². The van der Waals surface area contributed by atoms with Crippen molar-refractivity contribution in [2.45, 2.75) is 57.6 Å². The number of aromatic nitrogens is 1. The summed E-state index contributed by atoms with van der Waals surface area (Å²) in [6, 6.07) is 4.21. The van der Waals surface area contributed by atoms with Gasteiger partial charge in [0.25, 0.3) is 0 Å². The Hall–Kier alpha value is -1.41. The minimum atomic E-state index is -0.0345. The standard InChI is InChI=1S/C18H30N4O3/c1-12-7-22(8-13(2)25-12)9-14-5-17(19)21-18(6-14)20-15-3-4-16(10-23)24-11-15/h5-6,12-13,15-16,23H,3-4,7-11H2,1-2H3,(H3,19,20,21)/t12-,13+,15-,16+/m1/s1. The maximum atomic E-state index is 9.14. The van der Waals surface area contributed by atoms with E-state index < -0.39 is 0 Å². The lowest BCUT2D eigenvalue weighted by atomic mass is 10.1. The second kappa shape index (κ2) is 8.31. The first-order valence-electron chi connectivity index (χ1n) is 9.15. The van der Waals surface area contributed by atoms with Crippen molar-refractivity contribution in [1.82, 2.24) is 9.88 Å². The summed E-state index contributed by atoms with van der Waals surface area (Å²) in [7, 11) is 0. The molecule has 0 unspecified atom stereocenters. The van der Waals surface area contributed by atoms with Crippen LogP contribution in [0, 0.1) is 0 Å². The van der Waals surface area contributed by atoms with E-state index in [-0.39, 0.29) is 31.0 Å². The molecule has 3 heterocycles. The molecule has 2 saturated heterocycles. The van der Waals surface area contributed by atoms with Crippen molar-refractivity contribution in [3.8, 4) is 0 Å². The first-order valence-corrected chi connectivity index (χ1v) is 9.15. The van der Waals surface area contributed by atoms with E-state index in [0.29, 0.717) is 12.4 Å². The highest BCUT2D eigenvalue weighted by atomic mass is 16.5. The van der Waals surface area contributed by atoms with Crippen LogP contribution in [0.2, 0.25) is 0 Å². The van der Waals surface area contributed by atoms with Gasteiger partial charge >= 0.3 is 0 Å². The van der Waals surface area contributed by atoms with Gasteiger partial charge in [0, 0.05) is 19.6 Å². The third-order valence-corrected chi connectivity index (χ3v) is 4.73. The highest BCUT2D eigenvalue weighted by Gasteiger charge is 2.23. The fourth-order valence-corrected chi connectivity index (χ4v) is 3.72. The molecular weight excluding hydrogens is 320 g/mol. The SMILES string of the molecule is C[C@@H]1CN(Cc2cc(N)nc(N[C@@H]3CC[C@@H](CO)OC3)c2)C[C@H](C)O1. The molecule has 4 N–H and O–H groups in total. The molecule has 4 atom stereocenters. The molecule has 0 radical (unpaired) electrons. The molecule has 2 aliphatic heterocycles. The van der Waals surface area contributed by atoms with Crippen molar-refractivity contribution in [3.63, 3.8) is 0 Å². The average molecular weight is 350 g/mol. The molecule has 25 heavy (non-hydrogen) atoms. The van der Waals surface area contributed by atoms with Gasteiger partial charge in [-0.15, -0.1) is 0 Å². The molecule has 0 saturated carbocycles. The Morgan fingerprint density at radius 2 is 2.04 bits per heavy atom. The number of pyridine rings is 1. The van der Waals surface area contributed by atoms with Gasteiger partial charge in [-0.25, -0.2) is 4.98 Å². The Bertz CT molecular complexity index is 553. The second-order valence-corrected chi connectivity index (χ2v) is 7.29. The molecule has 0 amide bonds. The van der Waals surface area contributed by atoms with E-state index in [1.165, 1.54) is 0 Å². The molecule has 3 rings (SSSR count). The number of aliphatic hydroxyl groups is 1. The summed E-state index contributed by atoms with van der Waals surface area (Å²) in [5.41, 5.74) is 7.16. The lowest BCUT2D eigenvalue weighted by Crippen LogP contribution is -2.44. The van der Waals surface area contributed by atoms with Crippen LogP contribution in [0.25, 0.3) is 0 Å². The van der Waals surface area contributed by atoms with E-state index in [1.54, 1.807) is 0 Å². The quantitative estimate of drug-likeness (QED) is 0.735. The first-order chi connectivity index (χ1) is 12.0. The summed E-state index contributed by atoms with van der Waals surface area (Å²) in [6.45, 7) is 7.58. The number of ether oxygens (including phenoxy) is 2. The Morgan fingerprint density at radius 1 is 1.28 bits per heavy atom. The maximum absolute atomic E-state index is 9.14. The van der Waals surface area contributed by atoms with Crippen LogP contribution in [0.15, 0.2) is 12.1 Å². The van der Waals surface area contributed by atoms with Crippen molar-refractivity contribution in [2.75, 3.05) is 37.4 Å². The minimum absolute atomic E-state index is 0.0345. The Balaban J connectivity index is 1.60. The molecule has 0 bridgehead atoms. The number of hydrogen-bond acceptors (Lipinski definition) is 7. The topological polar surface area (TPSA) is 92.9 Å².